The molecule has 0 saturated heterocycles. The second kappa shape index (κ2) is 9.12. The molecule has 1 amide bonds. The molecule has 1 aromatic carbocycles. The van der Waals surface area contributed by atoms with Gasteiger partial charge in [-0.05, 0) is 23.6 Å². The normalized spacial score (nSPS) is 10.8. The second-order valence-electron chi connectivity index (χ2n) is 4.57. The van der Waals surface area contributed by atoms with Crippen LogP contribution in [0.15, 0.2) is 47.9 Å². The number of para-hydroxylation sites is 1. The van der Waals surface area contributed by atoms with E-state index in [9.17, 15) is 14.9 Å². The molecule has 0 bridgehead atoms. The predicted molar refractivity (Wildman–Crippen MR) is 95.6 cm³/mol. The first-order valence-corrected chi connectivity index (χ1v) is 8.99. The molecule has 0 unspecified atom stereocenters. The van der Waals surface area contributed by atoms with E-state index in [2.05, 4.69) is 11.4 Å². The molecule has 2 rings (SSSR count). The number of carbonyl (C=O) groups is 1. The summed E-state index contributed by atoms with van der Waals surface area (Å²) >= 11 is 3.48. The number of thiophene rings is 1. The Morgan fingerprint density at radius 1 is 1.30 bits per heavy atom. The fraction of sp³-hybridized carbons (Fsp3) is 0.188. The van der Waals surface area contributed by atoms with E-state index in [0.717, 1.165) is 11.5 Å². The minimum Gasteiger partial charge on any atom is -0.352 e. The summed E-state index contributed by atoms with van der Waals surface area (Å²) in [5.41, 5.74) is 0.405. The van der Waals surface area contributed by atoms with E-state index in [-0.39, 0.29) is 11.6 Å². The van der Waals surface area contributed by atoms with Crippen LogP contribution in [0.5, 0.6) is 0 Å². The Kier molecular flexibility index (Phi) is 6.83. The van der Waals surface area contributed by atoms with Crippen LogP contribution in [-0.2, 0) is 10.5 Å². The summed E-state index contributed by atoms with van der Waals surface area (Å²) in [5, 5.41) is 15.7. The average molecular weight is 348 g/mol. The van der Waals surface area contributed by atoms with Crippen LogP contribution >= 0.6 is 23.1 Å². The summed E-state index contributed by atoms with van der Waals surface area (Å²) in [6.07, 6.45) is 2.79. The third-order valence-electron chi connectivity index (χ3n) is 2.92. The van der Waals surface area contributed by atoms with Crippen molar-refractivity contribution in [2.24, 2.45) is 0 Å². The molecule has 0 spiro atoms. The van der Waals surface area contributed by atoms with Crippen LogP contribution in [0.4, 0.5) is 5.69 Å². The van der Waals surface area contributed by atoms with Crippen LogP contribution in [0.3, 0.4) is 0 Å². The molecule has 120 valence electrons. The Morgan fingerprint density at radius 2 is 2.13 bits per heavy atom. The van der Waals surface area contributed by atoms with Crippen molar-refractivity contribution in [2.75, 3.05) is 12.3 Å². The van der Waals surface area contributed by atoms with Gasteiger partial charge in [0.15, 0.2) is 0 Å². The molecule has 7 heteroatoms. The van der Waals surface area contributed by atoms with Crippen LogP contribution in [-0.4, -0.2) is 23.1 Å². The van der Waals surface area contributed by atoms with Gasteiger partial charge in [-0.15, -0.1) is 11.3 Å². The summed E-state index contributed by atoms with van der Waals surface area (Å²) in [5.74, 6) is 1.52. The number of nitrogens with one attached hydrogen (secondary N) is 1. The lowest BCUT2D eigenvalue weighted by atomic mass is 10.1. The highest BCUT2D eigenvalue weighted by atomic mass is 32.2. The molecule has 0 aliphatic carbocycles. The van der Waals surface area contributed by atoms with Crippen LogP contribution < -0.4 is 5.32 Å². The standard InChI is InChI=1S/C16H16N2O3S2/c19-16(17-9-11-22-12-14-5-3-10-23-14)8-7-13-4-1-2-6-15(13)18(20)21/h1-8,10H,9,11-12H2,(H,17,19)/b8-7+. The highest BCUT2D eigenvalue weighted by molar-refractivity contribution is 7.98. The summed E-state index contributed by atoms with van der Waals surface area (Å²) in [6.45, 7) is 0.566. The first-order chi connectivity index (χ1) is 11.2. The third-order valence-corrected chi connectivity index (χ3v) is 4.98. The zero-order chi connectivity index (χ0) is 16.5. The SMILES string of the molecule is O=C(/C=C/c1ccccc1[N+](=O)[O-])NCCSCc1cccs1. The predicted octanol–water partition coefficient (Wildman–Crippen LogP) is 3.72. The van der Waals surface area contributed by atoms with Crippen molar-refractivity contribution in [3.8, 4) is 0 Å². The molecule has 5 nitrogen and oxygen atoms in total. The van der Waals surface area contributed by atoms with Crippen LogP contribution in [0.25, 0.3) is 6.08 Å². The van der Waals surface area contributed by atoms with E-state index in [4.69, 9.17) is 0 Å². The van der Waals surface area contributed by atoms with E-state index in [1.165, 1.54) is 23.1 Å². The number of hydrogen-bond donors (Lipinski definition) is 1. The Bertz CT molecular complexity index is 684. The Labute approximate surface area is 142 Å². The number of amides is 1. The maximum Gasteiger partial charge on any atom is 0.276 e. The van der Waals surface area contributed by atoms with Gasteiger partial charge < -0.3 is 5.32 Å². The summed E-state index contributed by atoms with van der Waals surface area (Å²) in [7, 11) is 0. The zero-order valence-electron chi connectivity index (χ0n) is 12.3. The van der Waals surface area contributed by atoms with Crippen LogP contribution in [0, 0.1) is 10.1 Å². The molecule has 0 saturated carbocycles. The number of nitro benzene ring substituents is 1. The lowest BCUT2D eigenvalue weighted by Gasteiger charge is -2.02. The molecular weight excluding hydrogens is 332 g/mol. The Balaban J connectivity index is 1.73. The average Bonchev–Trinajstić information content (AvgIpc) is 3.06. The maximum atomic E-state index is 11.7. The van der Waals surface area contributed by atoms with Gasteiger partial charge in [-0.1, -0.05) is 18.2 Å². The van der Waals surface area contributed by atoms with Gasteiger partial charge in [-0.25, -0.2) is 0 Å². The highest BCUT2D eigenvalue weighted by Gasteiger charge is 2.09. The fourth-order valence-corrected chi connectivity index (χ4v) is 3.53. The number of carbonyl (C=O) groups excluding carboxylic acids is 1. The Morgan fingerprint density at radius 3 is 2.87 bits per heavy atom. The van der Waals surface area contributed by atoms with Crippen molar-refractivity contribution >= 4 is 40.8 Å². The van der Waals surface area contributed by atoms with Crippen molar-refractivity contribution in [3.05, 3.63) is 68.4 Å². The second-order valence-corrected chi connectivity index (χ2v) is 6.71. The van der Waals surface area contributed by atoms with Crippen molar-refractivity contribution < 1.29 is 9.72 Å². The molecule has 23 heavy (non-hydrogen) atoms. The molecule has 0 radical (unpaired) electrons. The first-order valence-electron chi connectivity index (χ1n) is 6.96. The molecule has 0 aliphatic rings. The molecular formula is C16H16N2O3S2. The Hall–Kier alpha value is -2.12. The number of nitrogens with zero attached hydrogens (tertiary/aromatic N) is 1. The minimum atomic E-state index is -0.460. The van der Waals surface area contributed by atoms with E-state index >= 15 is 0 Å². The van der Waals surface area contributed by atoms with E-state index in [1.54, 1.807) is 41.3 Å². The van der Waals surface area contributed by atoms with Crippen molar-refractivity contribution in [1.29, 1.82) is 0 Å². The summed E-state index contributed by atoms with van der Waals surface area (Å²) < 4.78 is 0. The van der Waals surface area contributed by atoms with Crippen LogP contribution in [0.2, 0.25) is 0 Å². The third kappa shape index (κ3) is 5.88. The number of thioether (sulfide) groups is 1. The lowest BCUT2D eigenvalue weighted by Crippen LogP contribution is -2.23. The number of nitro groups is 1. The summed E-state index contributed by atoms with van der Waals surface area (Å²) in [6, 6.07) is 10.4. The lowest BCUT2D eigenvalue weighted by molar-refractivity contribution is -0.385. The van der Waals surface area contributed by atoms with Gasteiger partial charge in [0.05, 0.1) is 10.5 Å². The number of hydrogen-bond acceptors (Lipinski definition) is 5. The quantitative estimate of drug-likeness (QED) is 0.341. The molecule has 0 atom stereocenters. The molecule has 1 aromatic heterocycles. The highest BCUT2D eigenvalue weighted by Crippen LogP contribution is 2.19. The molecule has 0 aliphatic heterocycles. The fourth-order valence-electron chi connectivity index (χ4n) is 1.83. The van der Waals surface area contributed by atoms with Gasteiger partial charge in [-0.2, -0.15) is 11.8 Å². The van der Waals surface area contributed by atoms with Crippen molar-refractivity contribution in [3.63, 3.8) is 0 Å². The van der Waals surface area contributed by atoms with E-state index < -0.39 is 4.92 Å². The van der Waals surface area contributed by atoms with Gasteiger partial charge in [0.25, 0.3) is 5.69 Å². The molecule has 2 aromatic rings. The molecule has 1 N–H and O–H groups in total. The molecule has 1 heterocycles. The van der Waals surface area contributed by atoms with Crippen LogP contribution in [0.1, 0.15) is 10.4 Å². The first kappa shape index (κ1) is 17.2. The summed E-state index contributed by atoms with van der Waals surface area (Å²) in [4.78, 5) is 23.4. The largest absolute Gasteiger partial charge is 0.352 e. The van der Waals surface area contributed by atoms with Gasteiger partial charge >= 0.3 is 0 Å². The zero-order valence-corrected chi connectivity index (χ0v) is 13.9. The van der Waals surface area contributed by atoms with Crippen molar-refractivity contribution in [2.45, 2.75) is 5.75 Å². The maximum absolute atomic E-state index is 11.7. The van der Waals surface area contributed by atoms with Gasteiger partial charge in [0.2, 0.25) is 5.91 Å². The minimum absolute atomic E-state index is 0.0111. The topological polar surface area (TPSA) is 72.2 Å². The van der Waals surface area contributed by atoms with Gasteiger partial charge in [-0.3, -0.25) is 14.9 Å². The van der Waals surface area contributed by atoms with E-state index in [0.29, 0.717) is 12.1 Å². The molecule has 0 fully saturated rings. The van der Waals surface area contributed by atoms with Gasteiger partial charge in [0.1, 0.15) is 0 Å². The number of rotatable bonds is 8. The van der Waals surface area contributed by atoms with Gasteiger partial charge in [0, 0.05) is 35.1 Å². The van der Waals surface area contributed by atoms with E-state index in [1.807, 2.05) is 11.4 Å². The smallest absolute Gasteiger partial charge is 0.276 e. The van der Waals surface area contributed by atoms with Crippen molar-refractivity contribution in [1.82, 2.24) is 5.32 Å². The monoisotopic (exact) mass is 348 g/mol. The number of benzene rings is 1.